The minimum atomic E-state index is -0.627. The van der Waals surface area contributed by atoms with Gasteiger partial charge in [0.15, 0.2) is 0 Å². The Bertz CT molecular complexity index is 536. The maximum atomic E-state index is 12.2. The lowest BCUT2D eigenvalue weighted by Gasteiger charge is -2.21. The quantitative estimate of drug-likeness (QED) is 0.815. The molecular weight excluding hydrogens is 298 g/mol. The van der Waals surface area contributed by atoms with Crippen LogP contribution in [-0.4, -0.2) is 37.9 Å². The molecule has 1 aromatic carbocycles. The molecule has 0 fully saturated rings. The molecule has 0 aromatic heterocycles. The fraction of sp³-hybridized carbons (Fsp3) is 0.529. The first-order valence-electron chi connectivity index (χ1n) is 7.54. The van der Waals surface area contributed by atoms with Gasteiger partial charge in [0.05, 0.1) is 19.6 Å². The van der Waals surface area contributed by atoms with Gasteiger partial charge >= 0.3 is 12.1 Å². The van der Waals surface area contributed by atoms with E-state index in [4.69, 9.17) is 14.2 Å². The van der Waals surface area contributed by atoms with Crippen LogP contribution >= 0.6 is 0 Å². The highest BCUT2D eigenvalue weighted by molar-refractivity contribution is 5.79. The standard InChI is InChI=1S/C17H25NO5/c1-6-22-15(19)14(11-18-16(20)23-17(2,3)4)12-8-7-9-13(10-12)21-5/h7-10,14H,6,11H2,1-5H3,(H,18,20). The van der Waals surface area contributed by atoms with Crippen LogP contribution in [0, 0.1) is 0 Å². The summed E-state index contributed by atoms with van der Waals surface area (Å²) in [4.78, 5) is 24.0. The highest BCUT2D eigenvalue weighted by Gasteiger charge is 2.24. The molecule has 0 heterocycles. The average Bonchev–Trinajstić information content (AvgIpc) is 2.46. The Kier molecular flexibility index (Phi) is 6.88. The van der Waals surface area contributed by atoms with Gasteiger partial charge in [-0.15, -0.1) is 0 Å². The number of methoxy groups -OCH3 is 1. The third-order valence-electron chi connectivity index (χ3n) is 2.92. The molecule has 0 spiro atoms. The summed E-state index contributed by atoms with van der Waals surface area (Å²) in [5.74, 6) is -0.400. The molecule has 0 aliphatic heterocycles. The van der Waals surface area contributed by atoms with Crippen LogP contribution in [0.2, 0.25) is 0 Å². The Hall–Kier alpha value is -2.24. The van der Waals surface area contributed by atoms with Crippen molar-refractivity contribution in [2.75, 3.05) is 20.3 Å². The van der Waals surface area contributed by atoms with Crippen LogP contribution in [0.1, 0.15) is 39.2 Å². The summed E-state index contributed by atoms with van der Waals surface area (Å²) in [5, 5.41) is 2.61. The molecule has 1 amide bonds. The van der Waals surface area contributed by atoms with Crippen molar-refractivity contribution in [3.05, 3.63) is 29.8 Å². The SMILES string of the molecule is CCOC(=O)C(CNC(=O)OC(C)(C)C)c1cccc(OC)c1. The predicted octanol–water partition coefficient (Wildman–Crippen LogP) is 2.87. The molecule has 6 heteroatoms. The summed E-state index contributed by atoms with van der Waals surface area (Å²) < 4.78 is 15.4. The second-order valence-electron chi connectivity index (χ2n) is 5.96. The molecule has 0 radical (unpaired) electrons. The van der Waals surface area contributed by atoms with Crippen molar-refractivity contribution in [2.45, 2.75) is 39.2 Å². The zero-order valence-electron chi connectivity index (χ0n) is 14.3. The molecular formula is C17H25NO5. The van der Waals surface area contributed by atoms with Gasteiger partial charge in [-0.1, -0.05) is 12.1 Å². The van der Waals surface area contributed by atoms with Crippen molar-refractivity contribution in [1.29, 1.82) is 0 Å². The molecule has 0 aliphatic carbocycles. The number of hydrogen-bond acceptors (Lipinski definition) is 5. The number of nitrogens with one attached hydrogen (secondary N) is 1. The molecule has 0 saturated carbocycles. The molecule has 23 heavy (non-hydrogen) atoms. The first-order chi connectivity index (χ1) is 10.8. The van der Waals surface area contributed by atoms with Crippen molar-refractivity contribution in [2.24, 2.45) is 0 Å². The number of alkyl carbamates (subject to hydrolysis) is 1. The van der Waals surface area contributed by atoms with Crippen LogP contribution in [0.4, 0.5) is 4.79 Å². The molecule has 1 rings (SSSR count). The van der Waals surface area contributed by atoms with Gasteiger partial charge in [-0.3, -0.25) is 4.79 Å². The van der Waals surface area contributed by atoms with E-state index in [1.807, 2.05) is 0 Å². The first kappa shape index (κ1) is 18.8. The van der Waals surface area contributed by atoms with Gasteiger partial charge in [0.25, 0.3) is 0 Å². The first-order valence-corrected chi connectivity index (χ1v) is 7.54. The van der Waals surface area contributed by atoms with Crippen LogP contribution in [0.15, 0.2) is 24.3 Å². The van der Waals surface area contributed by atoms with Gasteiger partial charge in [0, 0.05) is 6.54 Å². The molecule has 1 unspecified atom stereocenters. The van der Waals surface area contributed by atoms with Crippen molar-refractivity contribution >= 4 is 12.1 Å². The topological polar surface area (TPSA) is 73.9 Å². The summed E-state index contributed by atoms with van der Waals surface area (Å²) in [6.07, 6.45) is -0.574. The van der Waals surface area contributed by atoms with E-state index in [9.17, 15) is 9.59 Å². The smallest absolute Gasteiger partial charge is 0.407 e. The second-order valence-corrected chi connectivity index (χ2v) is 5.96. The van der Waals surface area contributed by atoms with Crippen molar-refractivity contribution in [3.63, 3.8) is 0 Å². The predicted molar refractivity (Wildman–Crippen MR) is 86.6 cm³/mol. The lowest BCUT2D eigenvalue weighted by atomic mass is 9.99. The Labute approximate surface area is 137 Å². The van der Waals surface area contributed by atoms with Crippen LogP contribution < -0.4 is 10.1 Å². The molecule has 128 valence electrons. The highest BCUT2D eigenvalue weighted by atomic mass is 16.6. The van der Waals surface area contributed by atoms with Gasteiger partial charge in [-0.2, -0.15) is 0 Å². The molecule has 6 nitrogen and oxygen atoms in total. The van der Waals surface area contributed by atoms with E-state index in [0.717, 1.165) is 0 Å². The largest absolute Gasteiger partial charge is 0.497 e. The fourth-order valence-corrected chi connectivity index (χ4v) is 1.94. The number of hydrogen-bond donors (Lipinski definition) is 1. The molecule has 1 N–H and O–H groups in total. The van der Waals surface area contributed by atoms with E-state index in [1.165, 1.54) is 0 Å². The van der Waals surface area contributed by atoms with Gasteiger partial charge in [0.2, 0.25) is 0 Å². The third kappa shape index (κ3) is 6.59. The van der Waals surface area contributed by atoms with Crippen LogP contribution in [0.25, 0.3) is 0 Å². The number of ether oxygens (including phenoxy) is 3. The number of esters is 1. The summed E-state index contributed by atoms with van der Waals surface area (Å²) >= 11 is 0. The minimum Gasteiger partial charge on any atom is -0.497 e. The number of benzene rings is 1. The Morgan fingerprint density at radius 3 is 2.52 bits per heavy atom. The van der Waals surface area contributed by atoms with Crippen LogP contribution in [0.5, 0.6) is 5.75 Å². The molecule has 1 atom stereocenters. The highest BCUT2D eigenvalue weighted by Crippen LogP contribution is 2.22. The number of amides is 1. The Balaban J connectivity index is 2.84. The van der Waals surface area contributed by atoms with E-state index < -0.39 is 23.6 Å². The molecule has 1 aromatic rings. The summed E-state index contributed by atoms with van der Waals surface area (Å²) in [7, 11) is 1.55. The lowest BCUT2D eigenvalue weighted by molar-refractivity contribution is -0.144. The maximum absolute atomic E-state index is 12.2. The number of carbonyl (C=O) groups excluding carboxylic acids is 2. The molecule has 0 aliphatic rings. The van der Waals surface area contributed by atoms with Gasteiger partial charge in [-0.05, 0) is 45.4 Å². The zero-order valence-corrected chi connectivity index (χ0v) is 14.3. The van der Waals surface area contributed by atoms with Gasteiger partial charge in [0.1, 0.15) is 11.4 Å². The van der Waals surface area contributed by atoms with Crippen LogP contribution in [-0.2, 0) is 14.3 Å². The summed E-state index contributed by atoms with van der Waals surface area (Å²) in [6.45, 7) is 7.42. The fourth-order valence-electron chi connectivity index (χ4n) is 1.94. The van der Waals surface area contributed by atoms with E-state index in [1.54, 1.807) is 59.1 Å². The Morgan fingerprint density at radius 2 is 1.96 bits per heavy atom. The van der Waals surface area contributed by atoms with Gasteiger partial charge in [-0.25, -0.2) is 4.79 Å². The van der Waals surface area contributed by atoms with Crippen molar-refractivity contribution in [1.82, 2.24) is 5.32 Å². The zero-order chi connectivity index (χ0) is 17.5. The van der Waals surface area contributed by atoms with E-state index in [0.29, 0.717) is 11.3 Å². The maximum Gasteiger partial charge on any atom is 0.407 e. The lowest BCUT2D eigenvalue weighted by Crippen LogP contribution is -2.36. The van der Waals surface area contributed by atoms with Crippen molar-refractivity contribution < 1.29 is 23.8 Å². The second kappa shape index (κ2) is 8.41. The normalized spacial score (nSPS) is 12.2. The summed E-state index contributed by atoms with van der Waals surface area (Å²) in [5.41, 5.74) is 0.110. The molecule has 0 saturated heterocycles. The van der Waals surface area contributed by atoms with E-state index in [-0.39, 0.29) is 13.2 Å². The average molecular weight is 323 g/mol. The van der Waals surface area contributed by atoms with Crippen LogP contribution in [0.3, 0.4) is 0 Å². The minimum absolute atomic E-state index is 0.0842. The van der Waals surface area contributed by atoms with E-state index in [2.05, 4.69) is 5.32 Å². The number of rotatable bonds is 6. The monoisotopic (exact) mass is 323 g/mol. The third-order valence-corrected chi connectivity index (χ3v) is 2.92. The van der Waals surface area contributed by atoms with Gasteiger partial charge < -0.3 is 19.5 Å². The molecule has 0 bridgehead atoms. The summed E-state index contributed by atoms with van der Waals surface area (Å²) in [6, 6.07) is 7.11. The van der Waals surface area contributed by atoms with E-state index >= 15 is 0 Å². The number of carbonyl (C=O) groups is 2. The van der Waals surface area contributed by atoms with Crippen molar-refractivity contribution in [3.8, 4) is 5.75 Å². The Morgan fingerprint density at radius 1 is 1.26 bits per heavy atom.